The number of nitrogens with one attached hydrogen (secondary N) is 2. The average Bonchev–Trinajstić information content (AvgIpc) is 2.60. The molecular weight excluding hydrogens is 334 g/mol. The number of carboxylic acids is 1. The van der Waals surface area contributed by atoms with E-state index >= 15 is 0 Å². The highest BCUT2D eigenvalue weighted by molar-refractivity contribution is 5.94. The highest BCUT2D eigenvalue weighted by Crippen LogP contribution is 2.21. The summed E-state index contributed by atoms with van der Waals surface area (Å²) in [7, 11) is 0. The first kappa shape index (κ1) is 19.8. The Kier molecular flexibility index (Phi) is 7.00. The minimum Gasteiger partial charge on any atom is -0.478 e. The number of aromatic carboxylic acids is 1. The number of carbonyl (C=O) groups excluding carboxylic acids is 2. The van der Waals surface area contributed by atoms with Crippen molar-refractivity contribution in [1.82, 2.24) is 10.2 Å². The Labute approximate surface area is 153 Å². The zero-order valence-electron chi connectivity index (χ0n) is 15.3. The van der Waals surface area contributed by atoms with Crippen molar-refractivity contribution < 1.29 is 19.5 Å². The number of rotatable bonds is 6. The molecule has 0 saturated carbocycles. The van der Waals surface area contributed by atoms with Gasteiger partial charge in [0.15, 0.2) is 0 Å². The van der Waals surface area contributed by atoms with Crippen molar-refractivity contribution in [2.75, 3.05) is 25.0 Å². The monoisotopic (exact) mass is 361 g/mol. The Morgan fingerprint density at radius 3 is 2.77 bits per heavy atom. The molecule has 0 aromatic heterocycles. The molecule has 1 unspecified atom stereocenters. The van der Waals surface area contributed by atoms with Crippen LogP contribution in [0.5, 0.6) is 0 Å². The van der Waals surface area contributed by atoms with Crippen molar-refractivity contribution >= 4 is 23.6 Å². The summed E-state index contributed by atoms with van der Waals surface area (Å²) in [5.74, 6) is -0.693. The van der Waals surface area contributed by atoms with Gasteiger partial charge in [0.25, 0.3) is 0 Å². The molecule has 0 bridgehead atoms. The van der Waals surface area contributed by atoms with Crippen LogP contribution in [0, 0.1) is 11.8 Å². The maximum absolute atomic E-state index is 12.3. The maximum Gasteiger partial charge on any atom is 0.335 e. The summed E-state index contributed by atoms with van der Waals surface area (Å²) in [6.45, 7) is 6.00. The minimum absolute atomic E-state index is 0.0713. The van der Waals surface area contributed by atoms with E-state index in [1.807, 2.05) is 13.8 Å². The maximum atomic E-state index is 12.3. The van der Waals surface area contributed by atoms with Gasteiger partial charge in [-0.2, -0.15) is 0 Å². The average molecular weight is 361 g/mol. The normalized spacial score (nSPS) is 17.0. The van der Waals surface area contributed by atoms with E-state index in [0.717, 1.165) is 12.8 Å². The lowest BCUT2D eigenvalue weighted by Crippen LogP contribution is -2.46. The van der Waals surface area contributed by atoms with Crippen LogP contribution in [0.3, 0.4) is 0 Å². The molecule has 3 amide bonds. The SMILES string of the molecule is CC(C)CNC(=O)N1CCCC(CC(=O)Nc2cccc(C(=O)O)c2)C1. The van der Waals surface area contributed by atoms with Crippen LogP contribution in [-0.2, 0) is 4.79 Å². The Morgan fingerprint density at radius 2 is 2.08 bits per heavy atom. The van der Waals surface area contributed by atoms with Gasteiger partial charge in [-0.25, -0.2) is 9.59 Å². The quantitative estimate of drug-likeness (QED) is 0.725. The number of likely N-dealkylation sites (tertiary alicyclic amines) is 1. The largest absolute Gasteiger partial charge is 0.478 e. The fourth-order valence-electron chi connectivity index (χ4n) is 3.02. The molecule has 7 heteroatoms. The third kappa shape index (κ3) is 6.06. The molecule has 2 rings (SSSR count). The van der Waals surface area contributed by atoms with E-state index in [1.54, 1.807) is 17.0 Å². The third-order valence-electron chi connectivity index (χ3n) is 4.34. The summed E-state index contributed by atoms with van der Waals surface area (Å²) in [5, 5.41) is 14.7. The number of hydrogen-bond acceptors (Lipinski definition) is 3. The number of urea groups is 1. The number of carbonyl (C=O) groups is 3. The summed E-state index contributed by atoms with van der Waals surface area (Å²) in [6.07, 6.45) is 2.09. The van der Waals surface area contributed by atoms with E-state index in [9.17, 15) is 14.4 Å². The van der Waals surface area contributed by atoms with Crippen molar-refractivity contribution in [1.29, 1.82) is 0 Å². The fraction of sp³-hybridized carbons (Fsp3) is 0.526. The smallest absolute Gasteiger partial charge is 0.335 e. The highest BCUT2D eigenvalue weighted by Gasteiger charge is 2.25. The van der Waals surface area contributed by atoms with Gasteiger partial charge in [-0.1, -0.05) is 19.9 Å². The van der Waals surface area contributed by atoms with Gasteiger partial charge >= 0.3 is 12.0 Å². The van der Waals surface area contributed by atoms with Crippen LogP contribution >= 0.6 is 0 Å². The van der Waals surface area contributed by atoms with Gasteiger partial charge in [-0.05, 0) is 42.9 Å². The number of anilines is 1. The molecule has 1 aliphatic rings. The number of amides is 3. The van der Waals surface area contributed by atoms with Gasteiger partial charge in [0.05, 0.1) is 5.56 Å². The van der Waals surface area contributed by atoms with Crippen molar-refractivity contribution in [3.05, 3.63) is 29.8 Å². The summed E-state index contributed by atoms with van der Waals surface area (Å²) in [5.41, 5.74) is 0.603. The van der Waals surface area contributed by atoms with Crippen molar-refractivity contribution in [3.63, 3.8) is 0 Å². The molecule has 1 saturated heterocycles. The zero-order chi connectivity index (χ0) is 19.1. The van der Waals surface area contributed by atoms with E-state index in [2.05, 4.69) is 10.6 Å². The predicted molar refractivity (Wildman–Crippen MR) is 99.2 cm³/mol. The topological polar surface area (TPSA) is 98.7 Å². The molecule has 1 aromatic carbocycles. The lowest BCUT2D eigenvalue weighted by Gasteiger charge is -2.32. The fourth-order valence-corrected chi connectivity index (χ4v) is 3.02. The Bertz CT molecular complexity index is 660. The summed E-state index contributed by atoms with van der Waals surface area (Å²) >= 11 is 0. The highest BCUT2D eigenvalue weighted by atomic mass is 16.4. The molecule has 26 heavy (non-hydrogen) atoms. The van der Waals surface area contributed by atoms with Crippen LogP contribution in [-0.4, -0.2) is 47.5 Å². The predicted octanol–water partition coefficient (Wildman–Crippen LogP) is 2.79. The van der Waals surface area contributed by atoms with Crippen LogP contribution in [0.15, 0.2) is 24.3 Å². The summed E-state index contributed by atoms with van der Waals surface area (Å²) < 4.78 is 0. The van der Waals surface area contributed by atoms with Gasteiger partial charge in [0.2, 0.25) is 5.91 Å². The molecule has 3 N–H and O–H groups in total. The van der Waals surface area contributed by atoms with E-state index < -0.39 is 5.97 Å². The second kappa shape index (κ2) is 9.22. The first-order valence-corrected chi connectivity index (χ1v) is 9.01. The zero-order valence-corrected chi connectivity index (χ0v) is 15.3. The number of nitrogens with zero attached hydrogens (tertiary/aromatic N) is 1. The molecule has 1 heterocycles. The van der Waals surface area contributed by atoms with Gasteiger partial charge in [0.1, 0.15) is 0 Å². The number of hydrogen-bond donors (Lipinski definition) is 3. The van der Waals surface area contributed by atoms with Crippen molar-refractivity contribution in [3.8, 4) is 0 Å². The second-order valence-corrected chi connectivity index (χ2v) is 7.17. The molecule has 0 spiro atoms. The molecule has 0 aliphatic carbocycles. The lowest BCUT2D eigenvalue weighted by molar-refractivity contribution is -0.117. The van der Waals surface area contributed by atoms with Crippen LogP contribution < -0.4 is 10.6 Å². The van der Waals surface area contributed by atoms with Crippen LogP contribution in [0.1, 0.15) is 43.5 Å². The van der Waals surface area contributed by atoms with E-state index in [1.165, 1.54) is 12.1 Å². The first-order valence-electron chi connectivity index (χ1n) is 9.01. The molecule has 7 nitrogen and oxygen atoms in total. The van der Waals surface area contributed by atoms with Crippen LogP contribution in [0.4, 0.5) is 10.5 Å². The Balaban J connectivity index is 1.85. The number of benzene rings is 1. The van der Waals surface area contributed by atoms with Crippen molar-refractivity contribution in [2.24, 2.45) is 11.8 Å². The third-order valence-corrected chi connectivity index (χ3v) is 4.34. The summed E-state index contributed by atoms with van der Waals surface area (Å²) in [4.78, 5) is 37.2. The van der Waals surface area contributed by atoms with E-state index in [4.69, 9.17) is 5.11 Å². The molecule has 1 atom stereocenters. The Morgan fingerprint density at radius 1 is 1.31 bits per heavy atom. The number of piperidine rings is 1. The summed E-state index contributed by atoms with van der Waals surface area (Å²) in [6, 6.07) is 6.11. The molecule has 0 radical (unpaired) electrons. The molecule has 142 valence electrons. The van der Waals surface area contributed by atoms with Crippen LogP contribution in [0.25, 0.3) is 0 Å². The molecule has 1 aromatic rings. The standard InChI is InChI=1S/C19H27N3O4/c1-13(2)11-20-19(26)22-8-4-5-14(12-22)9-17(23)21-16-7-3-6-15(10-16)18(24)25/h3,6-7,10,13-14H,4-5,8-9,11-12H2,1-2H3,(H,20,26)(H,21,23)(H,24,25). The van der Waals surface area contributed by atoms with Gasteiger partial charge in [0, 0.05) is 31.7 Å². The molecule has 1 aliphatic heterocycles. The van der Waals surface area contributed by atoms with Crippen molar-refractivity contribution in [2.45, 2.75) is 33.1 Å². The van der Waals surface area contributed by atoms with Crippen LogP contribution in [0.2, 0.25) is 0 Å². The van der Waals surface area contributed by atoms with Gasteiger partial charge in [-0.15, -0.1) is 0 Å². The minimum atomic E-state index is -1.03. The van der Waals surface area contributed by atoms with E-state index in [0.29, 0.717) is 37.7 Å². The Hall–Kier alpha value is -2.57. The lowest BCUT2D eigenvalue weighted by atomic mass is 9.94. The number of carboxylic acid groups (broad SMARTS) is 1. The van der Waals surface area contributed by atoms with Gasteiger partial charge < -0.3 is 20.6 Å². The molecule has 1 fully saturated rings. The van der Waals surface area contributed by atoms with E-state index in [-0.39, 0.29) is 23.4 Å². The molecular formula is C19H27N3O4. The van der Waals surface area contributed by atoms with Gasteiger partial charge in [-0.3, -0.25) is 4.79 Å². The second-order valence-electron chi connectivity index (χ2n) is 7.17. The first-order chi connectivity index (χ1) is 12.3.